The maximum atomic E-state index is 5.96. The van der Waals surface area contributed by atoms with Gasteiger partial charge in [0.25, 0.3) is 0 Å². The van der Waals surface area contributed by atoms with Gasteiger partial charge in [0.1, 0.15) is 0 Å². The number of hydrogen-bond acceptors (Lipinski definition) is 0. The fourth-order valence-electron chi connectivity index (χ4n) is 1.95. The van der Waals surface area contributed by atoms with E-state index in [0.29, 0.717) is 0 Å². The Bertz CT molecular complexity index is 290. The van der Waals surface area contributed by atoms with Crippen LogP contribution in [0.2, 0.25) is 0 Å². The van der Waals surface area contributed by atoms with Crippen molar-refractivity contribution in [3.05, 3.63) is 34.4 Å². The van der Waals surface area contributed by atoms with Crippen LogP contribution in [0.1, 0.15) is 35.6 Å². The Morgan fingerprint density at radius 3 is 2.07 bits per heavy atom. The molecule has 1 aromatic rings. The number of benzene rings is 1. The Labute approximate surface area is 92.3 Å². The fourth-order valence-corrected chi connectivity index (χ4v) is 2.06. The minimum absolute atomic E-state index is 0.273. The zero-order valence-corrected chi connectivity index (χ0v) is 10.3. The first-order chi connectivity index (χ1) is 6.50. The molecule has 14 heavy (non-hydrogen) atoms. The van der Waals surface area contributed by atoms with Crippen LogP contribution in [0.4, 0.5) is 0 Å². The average molecular weight is 211 g/mol. The molecule has 0 amide bonds. The Morgan fingerprint density at radius 2 is 1.64 bits per heavy atom. The van der Waals surface area contributed by atoms with Crippen LogP contribution in [0.15, 0.2) is 12.1 Å². The summed E-state index contributed by atoms with van der Waals surface area (Å²) in [6.45, 7) is 8.58. The lowest BCUT2D eigenvalue weighted by Crippen LogP contribution is -1.99. The van der Waals surface area contributed by atoms with E-state index in [1.165, 1.54) is 22.3 Å². The molecule has 0 saturated carbocycles. The molecule has 1 heteroatoms. The molecule has 0 bridgehead atoms. The van der Waals surface area contributed by atoms with Crippen molar-refractivity contribution in [1.82, 2.24) is 0 Å². The SMILES string of the molecule is Cc1cc(C)c(CCC(C)Cl)c(C)c1. The van der Waals surface area contributed by atoms with E-state index in [1.807, 2.05) is 0 Å². The van der Waals surface area contributed by atoms with Gasteiger partial charge in [-0.05, 0) is 57.2 Å². The maximum Gasteiger partial charge on any atom is 0.0311 e. The van der Waals surface area contributed by atoms with Gasteiger partial charge >= 0.3 is 0 Å². The minimum Gasteiger partial charge on any atom is -0.123 e. The monoisotopic (exact) mass is 210 g/mol. The average Bonchev–Trinajstić information content (AvgIpc) is 2.01. The van der Waals surface area contributed by atoms with E-state index in [9.17, 15) is 0 Å². The summed E-state index contributed by atoms with van der Waals surface area (Å²) in [5.74, 6) is 0. The topological polar surface area (TPSA) is 0 Å². The molecular formula is C13H19Cl. The quantitative estimate of drug-likeness (QED) is 0.657. The van der Waals surface area contributed by atoms with Crippen molar-refractivity contribution in [2.45, 2.75) is 45.9 Å². The van der Waals surface area contributed by atoms with E-state index in [1.54, 1.807) is 0 Å². The van der Waals surface area contributed by atoms with Crippen LogP contribution >= 0.6 is 11.6 Å². The molecule has 1 rings (SSSR count). The van der Waals surface area contributed by atoms with E-state index in [0.717, 1.165) is 12.8 Å². The molecule has 1 atom stereocenters. The molecule has 0 saturated heterocycles. The van der Waals surface area contributed by atoms with Crippen molar-refractivity contribution >= 4 is 11.6 Å². The second-order valence-electron chi connectivity index (χ2n) is 4.20. The first-order valence-electron chi connectivity index (χ1n) is 5.21. The molecule has 1 aromatic carbocycles. The molecule has 0 aliphatic carbocycles. The molecule has 0 radical (unpaired) electrons. The van der Waals surface area contributed by atoms with Crippen molar-refractivity contribution in [3.63, 3.8) is 0 Å². The summed E-state index contributed by atoms with van der Waals surface area (Å²) in [5, 5.41) is 0.273. The lowest BCUT2D eigenvalue weighted by molar-refractivity contribution is 0.794. The molecule has 0 fully saturated rings. The van der Waals surface area contributed by atoms with Crippen LogP contribution in [0.5, 0.6) is 0 Å². The summed E-state index contributed by atoms with van der Waals surface area (Å²) >= 11 is 5.96. The van der Waals surface area contributed by atoms with Crippen molar-refractivity contribution in [3.8, 4) is 0 Å². The molecule has 78 valence electrons. The van der Waals surface area contributed by atoms with Gasteiger partial charge in [0.05, 0.1) is 0 Å². The number of rotatable bonds is 3. The van der Waals surface area contributed by atoms with Crippen LogP contribution < -0.4 is 0 Å². The molecule has 0 aromatic heterocycles. The van der Waals surface area contributed by atoms with Crippen molar-refractivity contribution in [2.24, 2.45) is 0 Å². The third-order valence-corrected chi connectivity index (χ3v) is 2.85. The van der Waals surface area contributed by atoms with Gasteiger partial charge in [0.2, 0.25) is 0 Å². The Hall–Kier alpha value is -0.490. The molecular weight excluding hydrogens is 192 g/mol. The number of aryl methyl sites for hydroxylation is 3. The Morgan fingerprint density at radius 1 is 1.14 bits per heavy atom. The molecule has 0 spiro atoms. The highest BCUT2D eigenvalue weighted by molar-refractivity contribution is 6.20. The van der Waals surface area contributed by atoms with Crippen molar-refractivity contribution in [2.75, 3.05) is 0 Å². The molecule has 0 N–H and O–H groups in total. The van der Waals surface area contributed by atoms with E-state index in [2.05, 4.69) is 39.8 Å². The number of alkyl halides is 1. The van der Waals surface area contributed by atoms with Crippen LogP contribution in [-0.2, 0) is 6.42 Å². The standard InChI is InChI=1S/C13H19Cl/c1-9-7-10(2)13(11(3)8-9)6-5-12(4)14/h7-8,12H,5-6H2,1-4H3. The lowest BCUT2D eigenvalue weighted by atomic mass is 9.96. The van der Waals surface area contributed by atoms with Crippen LogP contribution in [0.25, 0.3) is 0 Å². The van der Waals surface area contributed by atoms with Crippen LogP contribution in [0.3, 0.4) is 0 Å². The highest BCUT2D eigenvalue weighted by atomic mass is 35.5. The van der Waals surface area contributed by atoms with Gasteiger partial charge in [-0.2, -0.15) is 0 Å². The van der Waals surface area contributed by atoms with Crippen molar-refractivity contribution in [1.29, 1.82) is 0 Å². The Balaban J connectivity index is 2.86. The number of halogens is 1. The molecule has 0 nitrogen and oxygen atoms in total. The summed E-state index contributed by atoms with van der Waals surface area (Å²) in [4.78, 5) is 0. The summed E-state index contributed by atoms with van der Waals surface area (Å²) in [6, 6.07) is 4.50. The minimum atomic E-state index is 0.273. The summed E-state index contributed by atoms with van der Waals surface area (Å²) in [5.41, 5.74) is 5.63. The van der Waals surface area contributed by atoms with Gasteiger partial charge in [0, 0.05) is 5.38 Å². The molecule has 1 unspecified atom stereocenters. The van der Waals surface area contributed by atoms with E-state index in [-0.39, 0.29) is 5.38 Å². The van der Waals surface area contributed by atoms with Gasteiger partial charge in [-0.15, -0.1) is 11.6 Å². The summed E-state index contributed by atoms with van der Waals surface area (Å²) < 4.78 is 0. The lowest BCUT2D eigenvalue weighted by Gasteiger charge is -2.11. The largest absolute Gasteiger partial charge is 0.123 e. The molecule has 0 heterocycles. The molecule has 0 aliphatic heterocycles. The second kappa shape index (κ2) is 4.84. The smallest absolute Gasteiger partial charge is 0.0311 e. The molecule has 0 aliphatic rings. The first-order valence-corrected chi connectivity index (χ1v) is 5.65. The van der Waals surface area contributed by atoms with Gasteiger partial charge in [-0.3, -0.25) is 0 Å². The normalized spacial score (nSPS) is 12.9. The highest BCUT2D eigenvalue weighted by Gasteiger charge is 2.05. The van der Waals surface area contributed by atoms with Gasteiger partial charge in [-0.25, -0.2) is 0 Å². The predicted molar refractivity (Wildman–Crippen MR) is 64.3 cm³/mol. The van der Waals surface area contributed by atoms with E-state index >= 15 is 0 Å². The summed E-state index contributed by atoms with van der Waals surface area (Å²) in [6.07, 6.45) is 2.16. The maximum absolute atomic E-state index is 5.96. The van der Waals surface area contributed by atoms with Crippen LogP contribution in [-0.4, -0.2) is 5.38 Å². The zero-order chi connectivity index (χ0) is 10.7. The second-order valence-corrected chi connectivity index (χ2v) is 4.94. The first kappa shape index (κ1) is 11.6. The van der Waals surface area contributed by atoms with Gasteiger partial charge in [-0.1, -0.05) is 17.7 Å². The predicted octanol–water partition coefficient (Wildman–Crippen LogP) is 4.17. The number of hydrogen-bond donors (Lipinski definition) is 0. The fraction of sp³-hybridized carbons (Fsp3) is 0.538. The Kier molecular flexibility index (Phi) is 4.00. The third-order valence-electron chi connectivity index (χ3n) is 2.63. The zero-order valence-electron chi connectivity index (χ0n) is 9.52. The van der Waals surface area contributed by atoms with Gasteiger partial charge < -0.3 is 0 Å². The van der Waals surface area contributed by atoms with E-state index in [4.69, 9.17) is 11.6 Å². The third kappa shape index (κ3) is 3.02. The van der Waals surface area contributed by atoms with E-state index < -0.39 is 0 Å². The van der Waals surface area contributed by atoms with Gasteiger partial charge in [0.15, 0.2) is 0 Å². The highest BCUT2D eigenvalue weighted by Crippen LogP contribution is 2.19. The van der Waals surface area contributed by atoms with Crippen molar-refractivity contribution < 1.29 is 0 Å². The summed E-state index contributed by atoms with van der Waals surface area (Å²) in [7, 11) is 0. The van der Waals surface area contributed by atoms with Crippen LogP contribution in [0, 0.1) is 20.8 Å².